The summed E-state index contributed by atoms with van der Waals surface area (Å²) in [6.45, 7) is 4.37. The van der Waals surface area contributed by atoms with Gasteiger partial charge in [-0.3, -0.25) is 4.98 Å². The van der Waals surface area contributed by atoms with Crippen LogP contribution in [0.2, 0.25) is 0 Å². The van der Waals surface area contributed by atoms with Crippen LogP contribution in [-0.4, -0.2) is 35.5 Å². The number of rotatable bonds is 4. The third-order valence-corrected chi connectivity index (χ3v) is 3.78. The van der Waals surface area contributed by atoms with E-state index in [-0.39, 0.29) is 0 Å². The van der Waals surface area contributed by atoms with Crippen LogP contribution in [0.4, 0.5) is 0 Å². The maximum Gasteiger partial charge on any atom is 0.102 e. The van der Waals surface area contributed by atoms with Gasteiger partial charge in [-0.1, -0.05) is 18.2 Å². The summed E-state index contributed by atoms with van der Waals surface area (Å²) in [6.07, 6.45) is 0.704. The molecule has 2 aromatic rings. The van der Waals surface area contributed by atoms with Gasteiger partial charge in [-0.25, -0.2) is 0 Å². The van der Waals surface area contributed by atoms with Gasteiger partial charge in [0, 0.05) is 37.2 Å². The van der Waals surface area contributed by atoms with Crippen LogP contribution in [0.25, 0.3) is 10.9 Å². The molecule has 1 fully saturated rings. The minimum absolute atomic E-state index is 0.427. The molecule has 0 saturated carbocycles. The average Bonchev–Trinajstić information content (AvgIpc) is 2.85. The minimum Gasteiger partial charge on any atom is -0.386 e. The molecule has 3 rings (SSSR count). The number of nitrogens with zero attached hydrogens (tertiary/aromatic N) is 1. The SMILES string of the molecule is Cc1cc(CNCC2(O)CCOC2)c2ccccc2n1. The summed E-state index contributed by atoms with van der Waals surface area (Å²) in [4.78, 5) is 4.54. The smallest absolute Gasteiger partial charge is 0.102 e. The van der Waals surface area contributed by atoms with Gasteiger partial charge in [-0.2, -0.15) is 0 Å². The maximum atomic E-state index is 10.2. The number of aryl methyl sites for hydroxylation is 1. The van der Waals surface area contributed by atoms with Crippen molar-refractivity contribution in [1.29, 1.82) is 0 Å². The fourth-order valence-electron chi connectivity index (χ4n) is 2.71. The van der Waals surface area contributed by atoms with Gasteiger partial charge in [-0.15, -0.1) is 0 Å². The third kappa shape index (κ3) is 2.82. The van der Waals surface area contributed by atoms with Crippen LogP contribution in [0.3, 0.4) is 0 Å². The lowest BCUT2D eigenvalue weighted by Crippen LogP contribution is -2.40. The Morgan fingerprint density at radius 1 is 1.40 bits per heavy atom. The highest BCUT2D eigenvalue weighted by atomic mass is 16.5. The van der Waals surface area contributed by atoms with Gasteiger partial charge in [-0.05, 0) is 24.6 Å². The molecule has 106 valence electrons. The van der Waals surface area contributed by atoms with Gasteiger partial charge in [0.05, 0.1) is 12.1 Å². The topological polar surface area (TPSA) is 54.4 Å². The predicted molar refractivity (Wildman–Crippen MR) is 78.6 cm³/mol. The Kier molecular flexibility index (Phi) is 3.70. The molecule has 20 heavy (non-hydrogen) atoms. The molecule has 0 bridgehead atoms. The Bertz CT molecular complexity index is 606. The van der Waals surface area contributed by atoms with Gasteiger partial charge in [0.1, 0.15) is 5.60 Å². The highest BCUT2D eigenvalue weighted by Gasteiger charge is 2.31. The van der Waals surface area contributed by atoms with Crippen molar-refractivity contribution in [3.05, 3.63) is 41.6 Å². The zero-order chi connectivity index (χ0) is 14.0. The zero-order valence-electron chi connectivity index (χ0n) is 11.7. The van der Waals surface area contributed by atoms with Crippen LogP contribution >= 0.6 is 0 Å². The van der Waals surface area contributed by atoms with Crippen LogP contribution in [0.5, 0.6) is 0 Å². The minimum atomic E-state index is -0.710. The number of ether oxygens (including phenoxy) is 1. The Labute approximate surface area is 118 Å². The largest absolute Gasteiger partial charge is 0.386 e. The second-order valence-electron chi connectivity index (χ2n) is 5.57. The van der Waals surface area contributed by atoms with Crippen LogP contribution in [0.15, 0.2) is 30.3 Å². The lowest BCUT2D eigenvalue weighted by Gasteiger charge is -2.21. The van der Waals surface area contributed by atoms with Crippen LogP contribution in [-0.2, 0) is 11.3 Å². The summed E-state index contributed by atoms with van der Waals surface area (Å²) in [5.41, 5.74) is 2.55. The first kappa shape index (κ1) is 13.5. The lowest BCUT2D eigenvalue weighted by molar-refractivity contribution is 0.0269. The number of aliphatic hydroxyl groups is 1. The molecule has 0 aliphatic carbocycles. The summed E-state index contributed by atoms with van der Waals surface area (Å²) in [7, 11) is 0. The number of aromatic nitrogens is 1. The molecule has 2 heterocycles. The molecule has 0 amide bonds. The van der Waals surface area contributed by atoms with Gasteiger partial charge in [0.2, 0.25) is 0 Å². The zero-order valence-corrected chi connectivity index (χ0v) is 11.7. The first-order chi connectivity index (χ1) is 9.66. The fraction of sp³-hybridized carbons (Fsp3) is 0.438. The first-order valence-electron chi connectivity index (χ1n) is 7.02. The lowest BCUT2D eigenvalue weighted by atomic mass is 10.0. The number of benzene rings is 1. The summed E-state index contributed by atoms with van der Waals surface area (Å²) in [6, 6.07) is 10.3. The molecule has 1 atom stereocenters. The fourth-order valence-corrected chi connectivity index (χ4v) is 2.71. The summed E-state index contributed by atoms with van der Waals surface area (Å²) >= 11 is 0. The first-order valence-corrected chi connectivity index (χ1v) is 7.02. The van der Waals surface area contributed by atoms with E-state index in [1.807, 2.05) is 25.1 Å². The van der Waals surface area contributed by atoms with Crippen LogP contribution in [0, 0.1) is 6.92 Å². The van der Waals surface area contributed by atoms with Crippen molar-refractivity contribution in [1.82, 2.24) is 10.3 Å². The molecule has 1 aliphatic heterocycles. The van der Waals surface area contributed by atoms with E-state index in [1.54, 1.807) is 0 Å². The van der Waals surface area contributed by atoms with E-state index in [4.69, 9.17) is 4.74 Å². The Hall–Kier alpha value is -1.49. The molecule has 4 nitrogen and oxygen atoms in total. The number of pyridine rings is 1. The summed E-state index contributed by atoms with van der Waals surface area (Å²) in [5, 5.41) is 14.7. The van der Waals surface area contributed by atoms with E-state index < -0.39 is 5.60 Å². The number of hydrogen-bond acceptors (Lipinski definition) is 4. The summed E-state index contributed by atoms with van der Waals surface area (Å²) in [5.74, 6) is 0. The molecular weight excluding hydrogens is 252 g/mol. The molecule has 4 heteroatoms. The highest BCUT2D eigenvalue weighted by molar-refractivity contribution is 5.82. The second kappa shape index (κ2) is 5.48. The van der Waals surface area contributed by atoms with Gasteiger partial charge in [0.25, 0.3) is 0 Å². The normalized spacial score (nSPS) is 22.5. The average molecular weight is 272 g/mol. The predicted octanol–water partition coefficient (Wildman–Crippen LogP) is 1.78. The second-order valence-corrected chi connectivity index (χ2v) is 5.57. The monoisotopic (exact) mass is 272 g/mol. The summed E-state index contributed by atoms with van der Waals surface area (Å²) < 4.78 is 5.25. The molecule has 0 radical (unpaired) electrons. The molecule has 2 N–H and O–H groups in total. The highest BCUT2D eigenvalue weighted by Crippen LogP contribution is 2.20. The molecule has 1 aromatic heterocycles. The van der Waals surface area contributed by atoms with Crippen molar-refractivity contribution < 1.29 is 9.84 Å². The van der Waals surface area contributed by atoms with E-state index in [0.717, 1.165) is 17.8 Å². The van der Waals surface area contributed by atoms with E-state index in [9.17, 15) is 5.11 Å². The Balaban J connectivity index is 1.74. The van der Waals surface area contributed by atoms with E-state index >= 15 is 0 Å². The number of fused-ring (bicyclic) bond motifs is 1. The van der Waals surface area contributed by atoms with Crippen molar-refractivity contribution in [3.8, 4) is 0 Å². The third-order valence-electron chi connectivity index (χ3n) is 3.78. The van der Waals surface area contributed by atoms with Gasteiger partial charge in [0.15, 0.2) is 0 Å². The van der Waals surface area contributed by atoms with E-state index in [0.29, 0.717) is 26.2 Å². The van der Waals surface area contributed by atoms with Gasteiger partial charge >= 0.3 is 0 Å². The van der Waals surface area contributed by atoms with Crippen molar-refractivity contribution in [2.75, 3.05) is 19.8 Å². The Morgan fingerprint density at radius 3 is 3.05 bits per heavy atom. The number of para-hydroxylation sites is 1. The maximum absolute atomic E-state index is 10.2. The van der Waals surface area contributed by atoms with Crippen molar-refractivity contribution >= 4 is 10.9 Å². The molecule has 1 saturated heterocycles. The Morgan fingerprint density at radius 2 is 2.25 bits per heavy atom. The van der Waals surface area contributed by atoms with E-state index in [1.165, 1.54) is 10.9 Å². The van der Waals surface area contributed by atoms with Gasteiger partial charge < -0.3 is 15.2 Å². The number of nitrogens with one attached hydrogen (secondary N) is 1. The molecule has 1 unspecified atom stereocenters. The van der Waals surface area contributed by atoms with Crippen LogP contribution in [0.1, 0.15) is 17.7 Å². The van der Waals surface area contributed by atoms with Crippen molar-refractivity contribution in [2.45, 2.75) is 25.5 Å². The standard InChI is InChI=1S/C16H20N2O2/c1-12-8-13(14-4-2-3-5-15(14)18-12)9-17-10-16(19)6-7-20-11-16/h2-5,8,17,19H,6-7,9-11H2,1H3. The van der Waals surface area contributed by atoms with Crippen LogP contribution < -0.4 is 5.32 Å². The molecule has 0 spiro atoms. The quantitative estimate of drug-likeness (QED) is 0.891. The molecule has 1 aliphatic rings. The number of hydrogen-bond donors (Lipinski definition) is 2. The van der Waals surface area contributed by atoms with Crippen molar-refractivity contribution in [3.63, 3.8) is 0 Å². The molecular formula is C16H20N2O2. The van der Waals surface area contributed by atoms with E-state index in [2.05, 4.69) is 22.4 Å². The van der Waals surface area contributed by atoms with Crippen molar-refractivity contribution in [2.24, 2.45) is 0 Å². The molecule has 1 aromatic carbocycles.